The summed E-state index contributed by atoms with van der Waals surface area (Å²) in [5, 5.41) is 2.63. The second kappa shape index (κ2) is 7.49. The Bertz CT molecular complexity index is 673. The molecule has 1 N–H and O–H groups in total. The molecule has 128 valence electrons. The molecular formula is C14H18F2N2O4S. The number of amides is 2. The molecule has 0 fully saturated rings. The molecule has 1 rings (SSSR count). The van der Waals surface area contributed by atoms with Gasteiger partial charge in [0.25, 0.3) is 5.91 Å². The Morgan fingerprint density at radius 3 is 2.13 bits per heavy atom. The van der Waals surface area contributed by atoms with Crippen molar-refractivity contribution in [2.75, 3.05) is 13.6 Å². The standard InChI is InChI=1S/C14H18F2N2O4S/c1-9(2)17-12(19)8-18(3)13(20)10-4-6-11(7-5-10)23(21,22)14(15)16/h4-7,9,14H,8H2,1-3H3,(H,17,19). The fourth-order valence-electron chi connectivity index (χ4n) is 1.77. The van der Waals surface area contributed by atoms with Crippen molar-refractivity contribution in [2.24, 2.45) is 0 Å². The molecule has 0 spiro atoms. The number of hydrogen-bond donors (Lipinski definition) is 1. The van der Waals surface area contributed by atoms with E-state index in [0.29, 0.717) is 0 Å². The van der Waals surface area contributed by atoms with Crippen molar-refractivity contribution >= 4 is 21.7 Å². The van der Waals surface area contributed by atoms with Crippen molar-refractivity contribution in [3.8, 4) is 0 Å². The molecule has 0 aliphatic rings. The van der Waals surface area contributed by atoms with Gasteiger partial charge < -0.3 is 10.2 Å². The van der Waals surface area contributed by atoms with Gasteiger partial charge in [-0.3, -0.25) is 9.59 Å². The Balaban J connectivity index is 2.84. The van der Waals surface area contributed by atoms with Crippen LogP contribution in [0.1, 0.15) is 24.2 Å². The van der Waals surface area contributed by atoms with Gasteiger partial charge in [0.2, 0.25) is 15.7 Å². The highest BCUT2D eigenvalue weighted by Crippen LogP contribution is 2.19. The minimum absolute atomic E-state index is 0.0650. The van der Waals surface area contributed by atoms with Crippen LogP contribution in [0.2, 0.25) is 0 Å². The van der Waals surface area contributed by atoms with Crippen LogP contribution >= 0.6 is 0 Å². The lowest BCUT2D eigenvalue weighted by molar-refractivity contribution is -0.122. The van der Waals surface area contributed by atoms with Gasteiger partial charge in [0, 0.05) is 18.7 Å². The number of halogens is 2. The number of carbonyl (C=O) groups excluding carboxylic acids is 2. The number of likely N-dealkylation sites (N-methyl/N-ethyl adjacent to an activating group) is 1. The topological polar surface area (TPSA) is 83.6 Å². The monoisotopic (exact) mass is 348 g/mol. The molecule has 0 heterocycles. The van der Waals surface area contributed by atoms with E-state index in [-0.39, 0.29) is 24.1 Å². The van der Waals surface area contributed by atoms with Crippen LogP contribution in [0, 0.1) is 0 Å². The van der Waals surface area contributed by atoms with Gasteiger partial charge in [-0.2, -0.15) is 8.78 Å². The molecule has 6 nitrogen and oxygen atoms in total. The predicted molar refractivity (Wildman–Crippen MR) is 79.9 cm³/mol. The Hall–Kier alpha value is -2.03. The maximum absolute atomic E-state index is 12.4. The lowest BCUT2D eigenvalue weighted by Crippen LogP contribution is -2.40. The number of sulfone groups is 1. The zero-order valence-corrected chi connectivity index (χ0v) is 13.7. The lowest BCUT2D eigenvalue weighted by Gasteiger charge is -2.18. The van der Waals surface area contributed by atoms with E-state index >= 15 is 0 Å². The van der Waals surface area contributed by atoms with Gasteiger partial charge >= 0.3 is 5.76 Å². The highest BCUT2D eigenvalue weighted by Gasteiger charge is 2.26. The summed E-state index contributed by atoms with van der Waals surface area (Å²) in [6.07, 6.45) is 0. The third-order valence-corrected chi connectivity index (χ3v) is 4.24. The molecule has 9 heteroatoms. The summed E-state index contributed by atoms with van der Waals surface area (Å²) < 4.78 is 47.4. The summed E-state index contributed by atoms with van der Waals surface area (Å²) in [4.78, 5) is 24.3. The van der Waals surface area contributed by atoms with Crippen molar-refractivity contribution in [2.45, 2.75) is 30.5 Å². The van der Waals surface area contributed by atoms with Gasteiger partial charge in [0.1, 0.15) is 0 Å². The average Bonchev–Trinajstić information content (AvgIpc) is 2.45. The minimum atomic E-state index is -4.69. The number of alkyl halides is 2. The van der Waals surface area contributed by atoms with E-state index in [9.17, 15) is 26.8 Å². The van der Waals surface area contributed by atoms with Crippen LogP contribution in [-0.4, -0.2) is 50.5 Å². The van der Waals surface area contributed by atoms with E-state index in [1.54, 1.807) is 13.8 Å². The van der Waals surface area contributed by atoms with Gasteiger partial charge in [-0.05, 0) is 38.1 Å². The first-order valence-corrected chi connectivity index (χ1v) is 8.27. The van der Waals surface area contributed by atoms with Crippen LogP contribution in [0.5, 0.6) is 0 Å². The first-order chi connectivity index (χ1) is 10.6. The molecule has 0 saturated heterocycles. The van der Waals surface area contributed by atoms with E-state index < -0.39 is 26.4 Å². The van der Waals surface area contributed by atoms with Gasteiger partial charge in [0.15, 0.2) is 0 Å². The summed E-state index contributed by atoms with van der Waals surface area (Å²) in [6.45, 7) is 3.39. The molecule has 0 bridgehead atoms. The van der Waals surface area contributed by atoms with Crippen molar-refractivity contribution in [3.05, 3.63) is 29.8 Å². The van der Waals surface area contributed by atoms with E-state index in [1.807, 2.05) is 0 Å². The summed E-state index contributed by atoms with van der Waals surface area (Å²) >= 11 is 0. The SMILES string of the molecule is CC(C)NC(=O)CN(C)C(=O)c1ccc(S(=O)(=O)C(F)F)cc1. The number of benzene rings is 1. The summed E-state index contributed by atoms with van der Waals surface area (Å²) in [7, 11) is -3.29. The van der Waals surface area contributed by atoms with E-state index in [4.69, 9.17) is 0 Å². The number of nitrogens with zero attached hydrogens (tertiary/aromatic N) is 1. The minimum Gasteiger partial charge on any atom is -0.352 e. The fraction of sp³-hybridized carbons (Fsp3) is 0.429. The quantitative estimate of drug-likeness (QED) is 0.839. The van der Waals surface area contributed by atoms with Crippen molar-refractivity contribution < 1.29 is 26.8 Å². The molecule has 23 heavy (non-hydrogen) atoms. The third-order valence-electron chi connectivity index (χ3n) is 2.84. The van der Waals surface area contributed by atoms with Crippen LogP contribution in [0.25, 0.3) is 0 Å². The van der Waals surface area contributed by atoms with Gasteiger partial charge in [-0.15, -0.1) is 0 Å². The highest BCUT2D eigenvalue weighted by molar-refractivity contribution is 7.91. The van der Waals surface area contributed by atoms with Crippen molar-refractivity contribution in [1.29, 1.82) is 0 Å². The first-order valence-electron chi connectivity index (χ1n) is 6.72. The summed E-state index contributed by atoms with van der Waals surface area (Å²) in [6, 6.07) is 4.08. The first kappa shape index (κ1) is 19.0. The fourth-order valence-corrected chi connectivity index (χ4v) is 2.49. The zero-order valence-electron chi connectivity index (χ0n) is 12.9. The maximum Gasteiger partial charge on any atom is 0.341 e. The van der Waals surface area contributed by atoms with E-state index in [1.165, 1.54) is 7.05 Å². The molecule has 0 aliphatic carbocycles. The second-order valence-electron chi connectivity index (χ2n) is 5.21. The predicted octanol–water partition coefficient (Wildman–Crippen LogP) is 1.28. The largest absolute Gasteiger partial charge is 0.352 e. The number of rotatable bonds is 6. The molecule has 0 radical (unpaired) electrons. The number of nitrogens with one attached hydrogen (secondary N) is 1. The molecule has 1 aromatic rings. The van der Waals surface area contributed by atoms with Crippen LogP contribution in [0.15, 0.2) is 29.2 Å². The lowest BCUT2D eigenvalue weighted by atomic mass is 10.2. The average molecular weight is 348 g/mol. The Labute approximate surface area is 133 Å². The van der Waals surface area contributed by atoms with Crippen LogP contribution < -0.4 is 5.32 Å². The summed E-state index contributed by atoms with van der Waals surface area (Å²) in [5.74, 6) is -4.39. The van der Waals surface area contributed by atoms with Crippen LogP contribution in [-0.2, 0) is 14.6 Å². The Morgan fingerprint density at radius 1 is 1.17 bits per heavy atom. The van der Waals surface area contributed by atoms with Gasteiger partial charge in [0.05, 0.1) is 11.4 Å². The van der Waals surface area contributed by atoms with Crippen molar-refractivity contribution in [3.63, 3.8) is 0 Å². The van der Waals surface area contributed by atoms with E-state index in [0.717, 1.165) is 29.2 Å². The number of carbonyl (C=O) groups is 2. The molecule has 0 saturated carbocycles. The molecule has 0 aliphatic heterocycles. The Kier molecular flexibility index (Phi) is 6.20. The normalized spacial score (nSPS) is 11.6. The Morgan fingerprint density at radius 2 is 1.70 bits per heavy atom. The summed E-state index contributed by atoms with van der Waals surface area (Å²) in [5.41, 5.74) is 0.0954. The smallest absolute Gasteiger partial charge is 0.341 e. The van der Waals surface area contributed by atoms with Crippen LogP contribution in [0.4, 0.5) is 8.78 Å². The van der Waals surface area contributed by atoms with E-state index in [2.05, 4.69) is 5.32 Å². The molecule has 1 aromatic carbocycles. The number of hydrogen-bond acceptors (Lipinski definition) is 4. The zero-order chi connectivity index (χ0) is 17.8. The van der Waals surface area contributed by atoms with Crippen molar-refractivity contribution in [1.82, 2.24) is 10.2 Å². The second-order valence-corrected chi connectivity index (χ2v) is 7.13. The molecule has 0 unspecified atom stereocenters. The third kappa shape index (κ3) is 4.98. The highest BCUT2D eigenvalue weighted by atomic mass is 32.2. The molecule has 0 aromatic heterocycles. The molecule has 2 amide bonds. The van der Waals surface area contributed by atoms with Gasteiger partial charge in [-0.1, -0.05) is 0 Å². The molecule has 0 atom stereocenters. The molecular weight excluding hydrogens is 330 g/mol. The maximum atomic E-state index is 12.4. The van der Waals surface area contributed by atoms with Crippen LogP contribution in [0.3, 0.4) is 0 Å². The van der Waals surface area contributed by atoms with Gasteiger partial charge in [-0.25, -0.2) is 8.42 Å².